The van der Waals surface area contributed by atoms with Gasteiger partial charge in [0.1, 0.15) is 5.75 Å². The van der Waals surface area contributed by atoms with Crippen LogP contribution in [-0.2, 0) is 5.41 Å². The van der Waals surface area contributed by atoms with E-state index in [0.29, 0.717) is 11.4 Å². The number of carbonyl (C=O) groups is 1. The quantitative estimate of drug-likeness (QED) is 0.712. The monoisotopic (exact) mass is 367 g/mol. The second-order valence-electron chi connectivity index (χ2n) is 7.34. The number of hydrogen-bond donors (Lipinski definition) is 1. The third-order valence-corrected chi connectivity index (χ3v) is 4.30. The number of carbonyl (C=O) groups excluding carboxylic acids is 1. The summed E-state index contributed by atoms with van der Waals surface area (Å²) in [6, 6.07) is 11.7. The minimum absolute atomic E-state index is 0.0345. The number of benzene rings is 2. The average Bonchev–Trinajstić information content (AvgIpc) is 3.16. The van der Waals surface area contributed by atoms with Crippen molar-refractivity contribution < 1.29 is 13.9 Å². The lowest BCUT2D eigenvalue weighted by Gasteiger charge is -2.19. The molecule has 1 amide bonds. The Kier molecular flexibility index (Phi) is 4.99. The Morgan fingerprint density at radius 3 is 2.41 bits per heavy atom. The number of aromatic amines is 1. The number of hydrogen-bond acceptors (Lipinski definition) is 3. The van der Waals surface area contributed by atoms with Crippen LogP contribution in [0.15, 0.2) is 54.9 Å². The number of ether oxygens (including phenoxy) is 1. The van der Waals surface area contributed by atoms with Crippen LogP contribution in [-0.4, -0.2) is 23.2 Å². The second kappa shape index (κ2) is 7.23. The molecule has 0 bridgehead atoms. The summed E-state index contributed by atoms with van der Waals surface area (Å²) in [5.74, 6) is -0.324. The van der Waals surface area contributed by atoms with Crippen LogP contribution in [0.25, 0.3) is 0 Å². The van der Waals surface area contributed by atoms with Crippen molar-refractivity contribution in [2.45, 2.75) is 26.2 Å². The highest BCUT2D eigenvalue weighted by molar-refractivity contribution is 6.05. The first kappa shape index (κ1) is 18.6. The zero-order valence-corrected chi connectivity index (χ0v) is 15.8. The highest BCUT2D eigenvalue weighted by atomic mass is 19.1. The summed E-state index contributed by atoms with van der Waals surface area (Å²) in [6.45, 7) is 6.37. The SMILES string of the molecule is CN(C(=O)c1ccc(Oc2ccc(C(C)(C)C)cc2)c(F)c1)c1cn[nH]c1. The van der Waals surface area contributed by atoms with E-state index in [1.807, 2.05) is 24.3 Å². The van der Waals surface area contributed by atoms with E-state index >= 15 is 0 Å². The molecule has 0 aliphatic carbocycles. The summed E-state index contributed by atoms with van der Waals surface area (Å²) in [7, 11) is 1.60. The maximum atomic E-state index is 14.5. The van der Waals surface area contributed by atoms with Crippen LogP contribution in [0.2, 0.25) is 0 Å². The van der Waals surface area contributed by atoms with Crippen LogP contribution in [0.1, 0.15) is 36.7 Å². The van der Waals surface area contributed by atoms with Crippen molar-refractivity contribution in [2.75, 3.05) is 11.9 Å². The van der Waals surface area contributed by atoms with Gasteiger partial charge in [-0.2, -0.15) is 5.10 Å². The Bertz CT molecular complexity index is 929. The van der Waals surface area contributed by atoms with E-state index in [1.165, 1.54) is 28.8 Å². The Hall–Kier alpha value is -3.15. The van der Waals surface area contributed by atoms with Crippen LogP contribution in [0.4, 0.5) is 10.1 Å². The third kappa shape index (κ3) is 4.16. The van der Waals surface area contributed by atoms with Gasteiger partial charge < -0.3 is 9.64 Å². The summed E-state index contributed by atoms with van der Waals surface area (Å²) in [6.07, 6.45) is 3.11. The molecular formula is C21H22FN3O2. The Labute approximate surface area is 157 Å². The average molecular weight is 367 g/mol. The largest absolute Gasteiger partial charge is 0.454 e. The first-order valence-corrected chi connectivity index (χ1v) is 8.60. The molecule has 0 saturated heterocycles. The zero-order chi connectivity index (χ0) is 19.6. The molecule has 0 radical (unpaired) electrons. The minimum atomic E-state index is -0.596. The van der Waals surface area contributed by atoms with E-state index in [9.17, 15) is 9.18 Å². The van der Waals surface area contributed by atoms with Gasteiger partial charge in [0.2, 0.25) is 0 Å². The molecule has 1 aromatic heterocycles. The van der Waals surface area contributed by atoms with Gasteiger partial charge in [0.15, 0.2) is 11.6 Å². The molecule has 5 nitrogen and oxygen atoms in total. The smallest absolute Gasteiger partial charge is 0.258 e. The van der Waals surface area contributed by atoms with Crippen molar-refractivity contribution in [3.63, 3.8) is 0 Å². The van der Waals surface area contributed by atoms with E-state index in [4.69, 9.17) is 4.74 Å². The molecule has 0 fully saturated rings. The van der Waals surface area contributed by atoms with Crippen LogP contribution in [0.3, 0.4) is 0 Å². The predicted octanol–water partition coefficient (Wildman–Crippen LogP) is 4.92. The number of aromatic nitrogens is 2. The van der Waals surface area contributed by atoms with Gasteiger partial charge in [-0.15, -0.1) is 0 Å². The van der Waals surface area contributed by atoms with Crippen LogP contribution < -0.4 is 9.64 Å². The molecule has 2 aromatic carbocycles. The van der Waals surface area contributed by atoms with Crippen molar-refractivity contribution in [3.05, 3.63) is 71.8 Å². The van der Waals surface area contributed by atoms with Crippen molar-refractivity contribution in [1.29, 1.82) is 0 Å². The number of H-pyrrole nitrogens is 1. The van der Waals surface area contributed by atoms with E-state index in [0.717, 1.165) is 0 Å². The van der Waals surface area contributed by atoms with E-state index in [-0.39, 0.29) is 22.6 Å². The molecule has 0 saturated carbocycles. The minimum Gasteiger partial charge on any atom is -0.454 e. The first-order valence-electron chi connectivity index (χ1n) is 8.60. The van der Waals surface area contributed by atoms with E-state index < -0.39 is 5.82 Å². The molecule has 0 spiro atoms. The third-order valence-electron chi connectivity index (χ3n) is 4.30. The van der Waals surface area contributed by atoms with Gasteiger partial charge in [0.25, 0.3) is 5.91 Å². The number of halogens is 1. The maximum Gasteiger partial charge on any atom is 0.258 e. The van der Waals surface area contributed by atoms with Crippen LogP contribution in [0, 0.1) is 5.82 Å². The molecule has 1 N–H and O–H groups in total. The predicted molar refractivity (Wildman–Crippen MR) is 103 cm³/mol. The van der Waals surface area contributed by atoms with Crippen molar-refractivity contribution >= 4 is 11.6 Å². The highest BCUT2D eigenvalue weighted by Gasteiger charge is 2.17. The molecule has 1 heterocycles. The fourth-order valence-corrected chi connectivity index (χ4v) is 2.60. The Morgan fingerprint density at radius 1 is 1.15 bits per heavy atom. The number of nitrogens with zero attached hydrogens (tertiary/aromatic N) is 2. The number of nitrogens with one attached hydrogen (secondary N) is 1. The lowest BCUT2D eigenvalue weighted by molar-refractivity contribution is 0.0992. The summed E-state index contributed by atoms with van der Waals surface area (Å²) >= 11 is 0. The Morgan fingerprint density at radius 2 is 1.85 bits per heavy atom. The molecular weight excluding hydrogens is 345 g/mol. The fourth-order valence-electron chi connectivity index (χ4n) is 2.60. The van der Waals surface area contributed by atoms with Gasteiger partial charge in [-0.1, -0.05) is 32.9 Å². The summed E-state index contributed by atoms with van der Waals surface area (Å²) < 4.78 is 20.1. The summed E-state index contributed by atoms with van der Waals surface area (Å²) in [4.78, 5) is 13.9. The molecule has 0 atom stereocenters. The van der Waals surface area contributed by atoms with E-state index in [1.54, 1.807) is 19.3 Å². The van der Waals surface area contributed by atoms with Crippen LogP contribution in [0.5, 0.6) is 11.5 Å². The summed E-state index contributed by atoms with van der Waals surface area (Å²) in [5.41, 5.74) is 2.03. The fraction of sp³-hybridized carbons (Fsp3) is 0.238. The first-order chi connectivity index (χ1) is 12.8. The Balaban J connectivity index is 1.76. The van der Waals surface area contributed by atoms with E-state index in [2.05, 4.69) is 31.0 Å². The summed E-state index contributed by atoms with van der Waals surface area (Å²) in [5, 5.41) is 6.45. The topological polar surface area (TPSA) is 58.2 Å². The standard InChI is InChI=1S/C21H22FN3O2/c1-21(2,3)15-6-8-17(9-7-15)27-19-10-5-14(11-18(19)22)20(26)25(4)16-12-23-24-13-16/h5-13H,1-4H3,(H,23,24). The van der Waals surface area contributed by atoms with Gasteiger partial charge in [0, 0.05) is 18.8 Å². The molecule has 0 unspecified atom stereocenters. The molecule has 0 aliphatic heterocycles. The lowest BCUT2D eigenvalue weighted by Crippen LogP contribution is -2.25. The van der Waals surface area contributed by atoms with Crippen molar-refractivity contribution in [2.24, 2.45) is 0 Å². The van der Waals surface area contributed by atoms with Crippen molar-refractivity contribution in [3.8, 4) is 11.5 Å². The second-order valence-corrected chi connectivity index (χ2v) is 7.34. The van der Waals surface area contributed by atoms with Crippen LogP contribution >= 0.6 is 0 Å². The highest BCUT2D eigenvalue weighted by Crippen LogP contribution is 2.29. The van der Waals surface area contributed by atoms with Gasteiger partial charge >= 0.3 is 0 Å². The molecule has 3 rings (SSSR count). The molecule has 27 heavy (non-hydrogen) atoms. The normalized spacial score (nSPS) is 11.3. The van der Waals surface area contributed by atoms with Gasteiger partial charge in [0.05, 0.1) is 11.9 Å². The number of rotatable bonds is 4. The number of anilines is 1. The molecule has 3 aromatic rings. The van der Waals surface area contributed by atoms with Crippen molar-refractivity contribution in [1.82, 2.24) is 10.2 Å². The molecule has 0 aliphatic rings. The maximum absolute atomic E-state index is 14.5. The molecule has 140 valence electrons. The van der Waals surface area contributed by atoms with Gasteiger partial charge in [-0.25, -0.2) is 4.39 Å². The van der Waals surface area contributed by atoms with Gasteiger partial charge in [-0.3, -0.25) is 9.89 Å². The number of amides is 1. The molecule has 6 heteroatoms. The van der Waals surface area contributed by atoms with Gasteiger partial charge in [-0.05, 0) is 41.3 Å². The lowest BCUT2D eigenvalue weighted by atomic mass is 9.87. The zero-order valence-electron chi connectivity index (χ0n) is 15.8.